The molecule has 0 aromatic rings. The maximum Gasteiger partial charge on any atom is 0.260 e. The Labute approximate surface area is 77.7 Å². The van der Waals surface area contributed by atoms with Crippen molar-refractivity contribution in [1.29, 1.82) is 0 Å². The van der Waals surface area contributed by atoms with Gasteiger partial charge in [-0.1, -0.05) is 13.8 Å². The zero-order valence-electron chi connectivity index (χ0n) is 8.20. The molecule has 0 aliphatic carbocycles. The van der Waals surface area contributed by atoms with Crippen molar-refractivity contribution in [2.75, 3.05) is 13.1 Å². The van der Waals surface area contributed by atoms with Gasteiger partial charge in [-0.2, -0.15) is 0 Å². The molecule has 0 rings (SSSR count). The van der Waals surface area contributed by atoms with Crippen LogP contribution in [-0.2, 0) is 9.59 Å². The number of Topliss-reactive ketones (excluding diaryl/α,β-unsaturated/α-hetero) is 1. The van der Waals surface area contributed by atoms with Crippen molar-refractivity contribution in [2.45, 2.75) is 26.8 Å². The number of rotatable bonds is 5. The van der Waals surface area contributed by atoms with E-state index in [4.69, 9.17) is 5.21 Å². The highest BCUT2D eigenvalue weighted by molar-refractivity contribution is 5.84. The SMILES string of the molecule is CC(=O)CN(O)C(=O)CNC(C)C. The second-order valence-corrected chi connectivity index (χ2v) is 3.19. The monoisotopic (exact) mass is 188 g/mol. The third kappa shape index (κ3) is 6.24. The highest BCUT2D eigenvalue weighted by atomic mass is 16.5. The van der Waals surface area contributed by atoms with Crippen molar-refractivity contribution < 1.29 is 14.8 Å². The number of nitrogens with one attached hydrogen (secondary N) is 1. The average molecular weight is 188 g/mol. The van der Waals surface area contributed by atoms with Crippen molar-refractivity contribution in [3.63, 3.8) is 0 Å². The summed E-state index contributed by atoms with van der Waals surface area (Å²) in [5.74, 6) is -0.746. The number of hydroxylamine groups is 2. The molecule has 0 atom stereocenters. The van der Waals surface area contributed by atoms with Gasteiger partial charge < -0.3 is 5.32 Å². The Bertz CT molecular complexity index is 192. The van der Waals surface area contributed by atoms with E-state index in [9.17, 15) is 9.59 Å². The summed E-state index contributed by atoms with van der Waals surface area (Å²) in [6.45, 7) is 4.88. The number of amides is 1. The summed E-state index contributed by atoms with van der Waals surface area (Å²) in [6.07, 6.45) is 0. The normalized spacial score (nSPS) is 10.2. The summed E-state index contributed by atoms with van der Waals surface area (Å²) in [7, 11) is 0. The Morgan fingerprint density at radius 2 is 2.00 bits per heavy atom. The standard InChI is InChI=1S/C8H16N2O3/c1-6(2)9-4-8(12)10(13)5-7(3)11/h6,9,13H,4-5H2,1-3H3. The molecule has 13 heavy (non-hydrogen) atoms. The number of nitrogens with zero attached hydrogens (tertiary/aromatic N) is 1. The van der Waals surface area contributed by atoms with Crippen LogP contribution in [0, 0.1) is 0 Å². The predicted molar refractivity (Wildman–Crippen MR) is 47.3 cm³/mol. The molecule has 0 spiro atoms. The smallest absolute Gasteiger partial charge is 0.260 e. The summed E-state index contributed by atoms with van der Waals surface area (Å²) in [6, 6.07) is 0.176. The van der Waals surface area contributed by atoms with Crippen LogP contribution in [0.2, 0.25) is 0 Å². The lowest BCUT2D eigenvalue weighted by atomic mass is 10.4. The second kappa shape index (κ2) is 5.66. The number of hydrogen-bond acceptors (Lipinski definition) is 4. The van der Waals surface area contributed by atoms with Gasteiger partial charge in [0.2, 0.25) is 0 Å². The first-order valence-electron chi connectivity index (χ1n) is 4.15. The maximum absolute atomic E-state index is 11.0. The average Bonchev–Trinajstić information content (AvgIpc) is 1.98. The first-order valence-corrected chi connectivity index (χ1v) is 4.15. The molecule has 0 aliphatic heterocycles. The van der Waals surface area contributed by atoms with E-state index >= 15 is 0 Å². The summed E-state index contributed by atoms with van der Waals surface area (Å²) in [5.41, 5.74) is 0. The lowest BCUT2D eigenvalue weighted by Crippen LogP contribution is -2.40. The Balaban J connectivity index is 3.76. The van der Waals surface area contributed by atoms with Gasteiger partial charge in [-0.3, -0.25) is 14.8 Å². The van der Waals surface area contributed by atoms with Crippen LogP contribution in [-0.4, -0.2) is 41.1 Å². The van der Waals surface area contributed by atoms with E-state index < -0.39 is 5.91 Å². The van der Waals surface area contributed by atoms with E-state index in [1.54, 1.807) is 0 Å². The van der Waals surface area contributed by atoms with Gasteiger partial charge in [0, 0.05) is 6.04 Å². The lowest BCUT2D eigenvalue weighted by molar-refractivity contribution is -0.166. The second-order valence-electron chi connectivity index (χ2n) is 3.19. The fraction of sp³-hybridized carbons (Fsp3) is 0.750. The molecule has 0 saturated heterocycles. The van der Waals surface area contributed by atoms with Gasteiger partial charge in [0.05, 0.1) is 6.54 Å². The summed E-state index contributed by atoms with van der Waals surface area (Å²) >= 11 is 0. The van der Waals surface area contributed by atoms with Crippen molar-refractivity contribution in [2.24, 2.45) is 0 Å². The van der Waals surface area contributed by atoms with Crippen LogP contribution in [0.3, 0.4) is 0 Å². The minimum absolute atomic E-state index is 0.0431. The lowest BCUT2D eigenvalue weighted by Gasteiger charge is -2.14. The summed E-state index contributed by atoms with van der Waals surface area (Å²) in [5, 5.41) is 12.3. The zero-order chi connectivity index (χ0) is 10.4. The Kier molecular flexibility index (Phi) is 5.25. The van der Waals surface area contributed by atoms with E-state index in [1.807, 2.05) is 13.8 Å². The molecule has 76 valence electrons. The topological polar surface area (TPSA) is 69.6 Å². The third-order valence-electron chi connectivity index (χ3n) is 1.32. The molecule has 0 radical (unpaired) electrons. The van der Waals surface area contributed by atoms with Crippen LogP contribution in [0.15, 0.2) is 0 Å². The first kappa shape index (κ1) is 12.1. The number of carbonyl (C=O) groups excluding carboxylic acids is 2. The molecule has 2 N–H and O–H groups in total. The van der Waals surface area contributed by atoms with Crippen molar-refractivity contribution in [3.05, 3.63) is 0 Å². The van der Waals surface area contributed by atoms with E-state index in [0.717, 1.165) is 0 Å². The van der Waals surface area contributed by atoms with Crippen LogP contribution < -0.4 is 5.32 Å². The van der Waals surface area contributed by atoms with Crippen LogP contribution in [0.25, 0.3) is 0 Å². The van der Waals surface area contributed by atoms with Gasteiger partial charge in [0.25, 0.3) is 5.91 Å². The molecule has 5 nitrogen and oxygen atoms in total. The minimum Gasteiger partial charge on any atom is -0.306 e. The van der Waals surface area contributed by atoms with E-state index in [1.165, 1.54) is 6.92 Å². The van der Waals surface area contributed by atoms with Gasteiger partial charge in [-0.25, -0.2) is 5.06 Å². The van der Waals surface area contributed by atoms with Crippen molar-refractivity contribution in [1.82, 2.24) is 10.4 Å². The molecule has 0 aliphatic rings. The summed E-state index contributed by atoms with van der Waals surface area (Å²) in [4.78, 5) is 21.6. The Hall–Kier alpha value is -0.940. The molecule has 0 aromatic carbocycles. The number of hydrogen-bond donors (Lipinski definition) is 2. The van der Waals surface area contributed by atoms with Gasteiger partial charge in [0.1, 0.15) is 6.54 Å². The molecule has 0 bridgehead atoms. The maximum atomic E-state index is 11.0. The van der Waals surface area contributed by atoms with Crippen molar-refractivity contribution in [3.8, 4) is 0 Å². The first-order chi connectivity index (χ1) is 5.93. The number of carbonyl (C=O) groups is 2. The highest BCUT2D eigenvalue weighted by Crippen LogP contribution is 1.85. The Morgan fingerprint density at radius 3 is 2.38 bits per heavy atom. The van der Waals surface area contributed by atoms with Crippen LogP contribution in [0.5, 0.6) is 0 Å². The molecule has 0 heterocycles. The third-order valence-corrected chi connectivity index (χ3v) is 1.32. The summed E-state index contributed by atoms with van der Waals surface area (Å²) < 4.78 is 0. The molecular weight excluding hydrogens is 172 g/mol. The largest absolute Gasteiger partial charge is 0.306 e. The highest BCUT2D eigenvalue weighted by Gasteiger charge is 2.12. The van der Waals surface area contributed by atoms with Crippen LogP contribution in [0.4, 0.5) is 0 Å². The van der Waals surface area contributed by atoms with E-state index in [0.29, 0.717) is 5.06 Å². The van der Waals surface area contributed by atoms with Gasteiger partial charge in [0.15, 0.2) is 5.78 Å². The minimum atomic E-state index is -0.496. The van der Waals surface area contributed by atoms with Crippen molar-refractivity contribution >= 4 is 11.7 Å². The molecule has 0 fully saturated rings. The van der Waals surface area contributed by atoms with Gasteiger partial charge in [-0.15, -0.1) is 0 Å². The molecule has 5 heteroatoms. The molecule has 0 unspecified atom stereocenters. The van der Waals surface area contributed by atoms with E-state index in [2.05, 4.69) is 5.32 Å². The van der Waals surface area contributed by atoms with Crippen LogP contribution >= 0.6 is 0 Å². The van der Waals surface area contributed by atoms with Gasteiger partial charge in [-0.05, 0) is 6.92 Å². The Morgan fingerprint density at radius 1 is 1.46 bits per heavy atom. The fourth-order valence-electron chi connectivity index (χ4n) is 0.682. The molecule has 0 aromatic heterocycles. The number of ketones is 1. The van der Waals surface area contributed by atoms with Crippen LogP contribution in [0.1, 0.15) is 20.8 Å². The molecular formula is C8H16N2O3. The van der Waals surface area contributed by atoms with E-state index in [-0.39, 0.29) is 24.9 Å². The van der Waals surface area contributed by atoms with Gasteiger partial charge >= 0.3 is 0 Å². The fourth-order valence-corrected chi connectivity index (χ4v) is 0.682. The molecule has 0 saturated carbocycles. The quantitative estimate of drug-likeness (QED) is 0.462. The molecule has 1 amide bonds. The zero-order valence-corrected chi connectivity index (χ0v) is 8.20. The predicted octanol–water partition coefficient (Wildman–Crippen LogP) is -0.209.